The lowest BCUT2D eigenvalue weighted by Crippen LogP contribution is -2.61. The van der Waals surface area contributed by atoms with E-state index in [0.29, 0.717) is 6.61 Å². The molecule has 3 saturated heterocycles. The minimum Gasteiger partial charge on any atom is -0.375 e. The molecule has 3 fully saturated rings. The van der Waals surface area contributed by atoms with Crippen LogP contribution in [0, 0.1) is 0 Å². The molecule has 5 nitrogen and oxygen atoms in total. The fourth-order valence-electron chi connectivity index (χ4n) is 6.04. The van der Waals surface area contributed by atoms with Crippen molar-refractivity contribution in [3.63, 3.8) is 0 Å². The van der Waals surface area contributed by atoms with Crippen LogP contribution in [0.3, 0.4) is 0 Å². The molecule has 152 valence electrons. The molecule has 0 radical (unpaired) electrons. The first kappa shape index (κ1) is 20.5. The molecular formula is C21H40N2O3. The number of fused-ring (bicyclic) bond motifs is 1. The Labute approximate surface area is 160 Å². The minimum absolute atomic E-state index is 0.0385. The van der Waals surface area contributed by atoms with E-state index in [1.165, 1.54) is 12.8 Å². The summed E-state index contributed by atoms with van der Waals surface area (Å²) in [6.07, 6.45) is 5.98. The fraction of sp³-hybridized carbons (Fsp3) is 1.00. The maximum Gasteiger partial charge on any atom is 0.119 e. The molecule has 0 bridgehead atoms. The van der Waals surface area contributed by atoms with E-state index in [9.17, 15) is 0 Å². The van der Waals surface area contributed by atoms with Crippen LogP contribution >= 0.6 is 0 Å². The lowest BCUT2D eigenvalue weighted by Gasteiger charge is -2.53. The van der Waals surface area contributed by atoms with E-state index in [-0.39, 0.29) is 34.5 Å². The summed E-state index contributed by atoms with van der Waals surface area (Å²) >= 11 is 0. The molecule has 0 aliphatic carbocycles. The summed E-state index contributed by atoms with van der Waals surface area (Å²) in [7, 11) is 1.77. The quantitative estimate of drug-likeness (QED) is 0.750. The molecule has 5 heteroatoms. The van der Waals surface area contributed by atoms with Gasteiger partial charge in [-0.15, -0.1) is 0 Å². The second-order valence-corrected chi connectivity index (χ2v) is 10.7. The number of piperidine rings is 2. The van der Waals surface area contributed by atoms with Crippen molar-refractivity contribution in [3.05, 3.63) is 0 Å². The van der Waals surface area contributed by atoms with Gasteiger partial charge in [-0.2, -0.15) is 5.06 Å². The molecule has 0 spiro atoms. The molecule has 0 aromatic rings. The van der Waals surface area contributed by atoms with Crippen LogP contribution in [-0.2, 0) is 14.3 Å². The van der Waals surface area contributed by atoms with Gasteiger partial charge < -0.3 is 14.3 Å². The van der Waals surface area contributed by atoms with Crippen molar-refractivity contribution in [2.24, 2.45) is 0 Å². The van der Waals surface area contributed by atoms with Crippen LogP contribution in [0.15, 0.2) is 0 Å². The van der Waals surface area contributed by atoms with Crippen LogP contribution < -0.4 is 0 Å². The standard InChI is InChI=1S/C21H40N2O3/c1-18(2)10-9-11-21(7)22(18)14-17(26-21)15-25-16-12-19(3,4)23(24-8)20(5,6)13-16/h16-17H,9-15H2,1-8H3. The zero-order valence-electron chi connectivity index (χ0n) is 18.2. The van der Waals surface area contributed by atoms with Crippen LogP contribution in [0.4, 0.5) is 0 Å². The van der Waals surface area contributed by atoms with E-state index in [2.05, 4.69) is 58.4 Å². The Morgan fingerprint density at radius 3 is 2.08 bits per heavy atom. The topological polar surface area (TPSA) is 34.2 Å². The lowest BCUT2D eigenvalue weighted by atomic mass is 9.80. The second-order valence-electron chi connectivity index (χ2n) is 10.7. The minimum atomic E-state index is -0.117. The normalized spacial score (nSPS) is 37.6. The number of nitrogens with zero attached hydrogens (tertiary/aromatic N) is 2. The summed E-state index contributed by atoms with van der Waals surface area (Å²) in [5.74, 6) is 0. The third-order valence-corrected chi connectivity index (χ3v) is 6.79. The Morgan fingerprint density at radius 2 is 1.54 bits per heavy atom. The summed E-state index contributed by atoms with van der Waals surface area (Å²) < 4.78 is 12.9. The Balaban J connectivity index is 1.60. The highest BCUT2D eigenvalue weighted by Gasteiger charge is 2.52. The Bertz CT molecular complexity index is 501. The summed E-state index contributed by atoms with van der Waals surface area (Å²) in [5, 5.41) is 2.13. The molecule has 0 amide bonds. The summed E-state index contributed by atoms with van der Waals surface area (Å²) in [6.45, 7) is 17.6. The van der Waals surface area contributed by atoms with E-state index in [0.717, 1.165) is 25.8 Å². The van der Waals surface area contributed by atoms with Gasteiger partial charge in [0.05, 0.1) is 25.9 Å². The van der Waals surface area contributed by atoms with Crippen molar-refractivity contribution >= 4 is 0 Å². The highest BCUT2D eigenvalue weighted by atomic mass is 16.7. The van der Waals surface area contributed by atoms with Gasteiger partial charge in [0.1, 0.15) is 5.72 Å². The van der Waals surface area contributed by atoms with Crippen molar-refractivity contribution in [1.29, 1.82) is 0 Å². The fourth-order valence-corrected chi connectivity index (χ4v) is 6.04. The van der Waals surface area contributed by atoms with Crippen LogP contribution in [0.25, 0.3) is 0 Å². The number of hydrogen-bond donors (Lipinski definition) is 0. The van der Waals surface area contributed by atoms with Gasteiger partial charge in [0.15, 0.2) is 0 Å². The molecule has 0 saturated carbocycles. The van der Waals surface area contributed by atoms with Crippen molar-refractivity contribution in [3.8, 4) is 0 Å². The zero-order valence-corrected chi connectivity index (χ0v) is 18.2. The Hall–Kier alpha value is -0.200. The van der Waals surface area contributed by atoms with Crippen LogP contribution in [-0.4, -0.2) is 64.8 Å². The average molecular weight is 369 g/mol. The molecule has 3 aliphatic heterocycles. The predicted molar refractivity (Wildman–Crippen MR) is 104 cm³/mol. The molecule has 3 rings (SSSR count). The molecule has 3 aliphatic rings. The van der Waals surface area contributed by atoms with Crippen molar-refractivity contribution in [1.82, 2.24) is 9.96 Å². The van der Waals surface area contributed by atoms with Gasteiger partial charge in [-0.3, -0.25) is 4.90 Å². The van der Waals surface area contributed by atoms with Gasteiger partial charge in [0.2, 0.25) is 0 Å². The molecule has 0 aromatic carbocycles. The van der Waals surface area contributed by atoms with Gasteiger partial charge in [0.25, 0.3) is 0 Å². The number of hydrogen-bond acceptors (Lipinski definition) is 5. The summed E-state index contributed by atoms with van der Waals surface area (Å²) in [6, 6.07) is 0. The van der Waals surface area contributed by atoms with Gasteiger partial charge in [0, 0.05) is 23.2 Å². The summed E-state index contributed by atoms with van der Waals surface area (Å²) in [5.41, 5.74) is 0.0234. The van der Waals surface area contributed by atoms with Crippen LogP contribution in [0.5, 0.6) is 0 Å². The van der Waals surface area contributed by atoms with E-state index >= 15 is 0 Å². The largest absolute Gasteiger partial charge is 0.375 e. The SMILES string of the molecule is CON1C(C)(C)CC(OCC2CN3C(C)(C)CCCC3(C)O2)CC1(C)C. The number of rotatable bonds is 4. The second kappa shape index (κ2) is 6.70. The van der Waals surface area contributed by atoms with E-state index in [1.807, 2.05) is 0 Å². The van der Waals surface area contributed by atoms with E-state index in [1.54, 1.807) is 7.11 Å². The van der Waals surface area contributed by atoms with Gasteiger partial charge in [-0.1, -0.05) is 0 Å². The number of ether oxygens (including phenoxy) is 2. The first-order chi connectivity index (χ1) is 11.9. The Kier molecular flexibility index (Phi) is 5.29. The molecule has 0 N–H and O–H groups in total. The molecular weight excluding hydrogens is 328 g/mol. The van der Waals surface area contributed by atoms with Gasteiger partial charge >= 0.3 is 0 Å². The maximum absolute atomic E-state index is 6.49. The maximum atomic E-state index is 6.49. The summed E-state index contributed by atoms with van der Waals surface area (Å²) in [4.78, 5) is 8.26. The van der Waals surface area contributed by atoms with Crippen molar-refractivity contribution in [2.75, 3.05) is 20.3 Å². The van der Waals surface area contributed by atoms with Gasteiger partial charge in [-0.25, -0.2) is 0 Å². The van der Waals surface area contributed by atoms with Crippen LogP contribution in [0.1, 0.15) is 80.6 Å². The van der Waals surface area contributed by atoms with Crippen molar-refractivity contribution in [2.45, 2.75) is 115 Å². The first-order valence-electron chi connectivity index (χ1n) is 10.3. The van der Waals surface area contributed by atoms with E-state index in [4.69, 9.17) is 14.3 Å². The predicted octanol–water partition coefficient (Wildman–Crippen LogP) is 3.97. The molecule has 2 atom stereocenters. The molecule has 3 heterocycles. The monoisotopic (exact) mass is 368 g/mol. The number of hydroxylamine groups is 2. The Morgan fingerprint density at radius 1 is 0.923 bits per heavy atom. The van der Waals surface area contributed by atoms with Crippen molar-refractivity contribution < 1.29 is 14.3 Å². The van der Waals surface area contributed by atoms with E-state index < -0.39 is 0 Å². The molecule has 0 aromatic heterocycles. The third-order valence-electron chi connectivity index (χ3n) is 6.79. The molecule has 2 unspecified atom stereocenters. The highest BCUT2D eigenvalue weighted by molar-refractivity contribution is 5.01. The lowest BCUT2D eigenvalue weighted by molar-refractivity contribution is -0.281. The first-order valence-corrected chi connectivity index (χ1v) is 10.3. The molecule has 26 heavy (non-hydrogen) atoms. The average Bonchev–Trinajstić information content (AvgIpc) is 2.81. The highest BCUT2D eigenvalue weighted by Crippen LogP contribution is 2.44. The third kappa shape index (κ3) is 3.70. The zero-order chi connectivity index (χ0) is 19.4. The van der Waals surface area contributed by atoms with Crippen LogP contribution in [0.2, 0.25) is 0 Å². The smallest absolute Gasteiger partial charge is 0.119 e. The van der Waals surface area contributed by atoms with Gasteiger partial charge in [-0.05, 0) is 80.6 Å².